The second kappa shape index (κ2) is 5.41. The molecule has 1 nitrogen and oxygen atoms in total. The van der Waals surface area contributed by atoms with Crippen LogP contribution in [0.1, 0.15) is 18.4 Å². The molecule has 96 valence electrons. The first-order valence-electron chi connectivity index (χ1n) is 6.90. The van der Waals surface area contributed by atoms with Crippen LogP contribution in [-0.2, 0) is 6.42 Å². The van der Waals surface area contributed by atoms with Crippen molar-refractivity contribution >= 4 is 21.5 Å². The third-order valence-corrected chi connectivity index (χ3v) is 3.72. The van der Waals surface area contributed by atoms with Crippen molar-refractivity contribution in [3.8, 4) is 0 Å². The van der Waals surface area contributed by atoms with E-state index < -0.39 is 0 Å². The van der Waals surface area contributed by atoms with Crippen LogP contribution < -0.4 is 0 Å². The van der Waals surface area contributed by atoms with Crippen molar-refractivity contribution in [3.05, 3.63) is 60.2 Å². The molecule has 0 aliphatic rings. The van der Waals surface area contributed by atoms with Gasteiger partial charge in [0.15, 0.2) is 0 Å². The Labute approximate surface area is 113 Å². The predicted octanol–water partition coefficient (Wildman–Crippen LogP) is 4.31. The average molecular weight is 250 g/mol. The molecule has 3 aromatic carbocycles. The Morgan fingerprint density at radius 1 is 0.737 bits per heavy atom. The maximum atomic E-state index is 8.97. The topological polar surface area (TPSA) is 20.2 Å². The van der Waals surface area contributed by atoms with Gasteiger partial charge in [-0.3, -0.25) is 0 Å². The Morgan fingerprint density at radius 2 is 1.32 bits per heavy atom. The van der Waals surface area contributed by atoms with E-state index in [9.17, 15) is 0 Å². The number of fused-ring (bicyclic) bond motifs is 2. The van der Waals surface area contributed by atoms with Crippen molar-refractivity contribution in [2.45, 2.75) is 19.3 Å². The molecule has 1 N–H and O–H groups in total. The summed E-state index contributed by atoms with van der Waals surface area (Å²) in [7, 11) is 0. The molecule has 0 aliphatic carbocycles. The van der Waals surface area contributed by atoms with E-state index in [0.29, 0.717) is 0 Å². The first-order chi connectivity index (χ1) is 9.40. The van der Waals surface area contributed by atoms with Crippen LogP contribution in [0.4, 0.5) is 0 Å². The van der Waals surface area contributed by atoms with Gasteiger partial charge in [0.05, 0.1) is 0 Å². The minimum atomic E-state index is 0.280. The first kappa shape index (κ1) is 12.2. The summed E-state index contributed by atoms with van der Waals surface area (Å²) in [4.78, 5) is 0. The van der Waals surface area contributed by atoms with E-state index in [1.807, 2.05) is 0 Å². The van der Waals surface area contributed by atoms with E-state index in [2.05, 4.69) is 54.6 Å². The summed E-state index contributed by atoms with van der Waals surface area (Å²) in [6.45, 7) is 0.280. The van der Waals surface area contributed by atoms with E-state index in [0.717, 1.165) is 19.3 Å². The average Bonchev–Trinajstić information content (AvgIpc) is 2.46. The monoisotopic (exact) mass is 250 g/mol. The highest BCUT2D eigenvalue weighted by molar-refractivity contribution is 6.02. The second-order valence-electron chi connectivity index (χ2n) is 4.98. The molecule has 0 atom stereocenters. The molecule has 0 heterocycles. The van der Waals surface area contributed by atoms with Crippen LogP contribution in [0.5, 0.6) is 0 Å². The number of aliphatic hydroxyl groups is 1. The van der Waals surface area contributed by atoms with Crippen LogP contribution in [0, 0.1) is 0 Å². The van der Waals surface area contributed by atoms with Gasteiger partial charge in [0, 0.05) is 6.61 Å². The molecular formula is C18H18O. The van der Waals surface area contributed by atoms with E-state index in [-0.39, 0.29) is 6.61 Å². The highest BCUT2D eigenvalue weighted by Gasteiger charge is 2.06. The molecule has 0 amide bonds. The lowest BCUT2D eigenvalue weighted by molar-refractivity contribution is 0.285. The fourth-order valence-electron chi connectivity index (χ4n) is 2.79. The molecule has 0 aromatic heterocycles. The third kappa shape index (κ3) is 2.34. The van der Waals surface area contributed by atoms with Gasteiger partial charge < -0.3 is 5.11 Å². The summed E-state index contributed by atoms with van der Waals surface area (Å²) in [6.07, 6.45) is 2.94. The number of hydrogen-bond donors (Lipinski definition) is 1. The molecule has 0 saturated heterocycles. The Bertz CT molecular complexity index is 646. The van der Waals surface area contributed by atoms with Gasteiger partial charge >= 0.3 is 0 Å². The molecule has 0 aliphatic heterocycles. The van der Waals surface area contributed by atoms with Crippen LogP contribution in [0.15, 0.2) is 54.6 Å². The zero-order valence-electron chi connectivity index (χ0n) is 11.0. The van der Waals surface area contributed by atoms with Crippen LogP contribution in [0.25, 0.3) is 21.5 Å². The largest absolute Gasteiger partial charge is 0.396 e. The summed E-state index contributed by atoms with van der Waals surface area (Å²) >= 11 is 0. The van der Waals surface area contributed by atoms with Gasteiger partial charge in [-0.25, -0.2) is 0 Å². The van der Waals surface area contributed by atoms with Gasteiger partial charge in [-0.1, -0.05) is 48.5 Å². The van der Waals surface area contributed by atoms with Gasteiger partial charge in [0.1, 0.15) is 0 Å². The maximum Gasteiger partial charge on any atom is 0.0431 e. The summed E-state index contributed by atoms with van der Waals surface area (Å²) < 4.78 is 0. The van der Waals surface area contributed by atoms with Crippen LogP contribution >= 0.6 is 0 Å². The fraction of sp³-hybridized carbons (Fsp3) is 0.222. The quantitative estimate of drug-likeness (QED) is 0.540. The highest BCUT2D eigenvalue weighted by Crippen LogP contribution is 2.29. The molecule has 19 heavy (non-hydrogen) atoms. The van der Waals surface area contributed by atoms with Gasteiger partial charge in [0.2, 0.25) is 0 Å². The maximum absolute atomic E-state index is 8.97. The third-order valence-electron chi connectivity index (χ3n) is 3.72. The summed E-state index contributed by atoms with van der Waals surface area (Å²) in [6, 6.07) is 19.4. The zero-order chi connectivity index (χ0) is 13.1. The summed E-state index contributed by atoms with van der Waals surface area (Å²) in [5.41, 5.74) is 1.42. The van der Waals surface area contributed by atoms with E-state index in [1.165, 1.54) is 27.1 Å². The van der Waals surface area contributed by atoms with Gasteiger partial charge in [-0.05, 0) is 52.4 Å². The van der Waals surface area contributed by atoms with Crippen molar-refractivity contribution in [2.75, 3.05) is 6.61 Å². The zero-order valence-corrected chi connectivity index (χ0v) is 11.0. The molecule has 3 rings (SSSR count). The molecule has 3 aromatic rings. The Morgan fingerprint density at radius 3 is 1.89 bits per heavy atom. The van der Waals surface area contributed by atoms with Crippen molar-refractivity contribution in [1.29, 1.82) is 0 Å². The Kier molecular flexibility index (Phi) is 3.47. The lowest BCUT2D eigenvalue weighted by Gasteiger charge is -2.11. The molecule has 0 bridgehead atoms. The Balaban J connectivity index is 2.21. The fourth-order valence-corrected chi connectivity index (χ4v) is 2.79. The predicted molar refractivity (Wildman–Crippen MR) is 81.5 cm³/mol. The van der Waals surface area contributed by atoms with Gasteiger partial charge in [0.25, 0.3) is 0 Å². The normalized spacial score (nSPS) is 11.2. The molecule has 0 radical (unpaired) electrons. The molecule has 0 fully saturated rings. The highest BCUT2D eigenvalue weighted by atomic mass is 16.2. The number of benzene rings is 3. The SMILES string of the molecule is OCCCCc1c2ccccc2cc2ccccc12. The van der Waals surface area contributed by atoms with E-state index in [1.54, 1.807) is 0 Å². The minimum Gasteiger partial charge on any atom is -0.396 e. The minimum absolute atomic E-state index is 0.280. The number of hydrogen-bond acceptors (Lipinski definition) is 1. The van der Waals surface area contributed by atoms with Gasteiger partial charge in [-0.15, -0.1) is 0 Å². The number of aryl methyl sites for hydroxylation is 1. The molecule has 1 heteroatoms. The number of aliphatic hydroxyl groups excluding tert-OH is 1. The van der Waals surface area contributed by atoms with E-state index >= 15 is 0 Å². The van der Waals surface area contributed by atoms with Crippen molar-refractivity contribution in [2.24, 2.45) is 0 Å². The lowest BCUT2D eigenvalue weighted by atomic mass is 9.93. The standard InChI is InChI=1S/C18H18O/c19-12-6-5-11-18-16-9-3-1-7-14(16)13-15-8-2-4-10-17(15)18/h1-4,7-10,13,19H,5-6,11-12H2. The summed E-state index contributed by atoms with van der Waals surface area (Å²) in [5, 5.41) is 14.3. The summed E-state index contributed by atoms with van der Waals surface area (Å²) in [5.74, 6) is 0. The van der Waals surface area contributed by atoms with Gasteiger partial charge in [-0.2, -0.15) is 0 Å². The van der Waals surface area contributed by atoms with Crippen LogP contribution in [0.2, 0.25) is 0 Å². The number of rotatable bonds is 4. The van der Waals surface area contributed by atoms with E-state index in [4.69, 9.17) is 5.11 Å². The van der Waals surface area contributed by atoms with Crippen molar-refractivity contribution in [1.82, 2.24) is 0 Å². The molecular weight excluding hydrogens is 232 g/mol. The molecule has 0 unspecified atom stereocenters. The first-order valence-corrected chi connectivity index (χ1v) is 6.90. The number of unbranched alkanes of at least 4 members (excludes halogenated alkanes) is 1. The van der Waals surface area contributed by atoms with Crippen molar-refractivity contribution in [3.63, 3.8) is 0 Å². The second-order valence-corrected chi connectivity index (χ2v) is 4.98. The van der Waals surface area contributed by atoms with Crippen LogP contribution in [-0.4, -0.2) is 11.7 Å². The van der Waals surface area contributed by atoms with Crippen LogP contribution in [0.3, 0.4) is 0 Å². The van der Waals surface area contributed by atoms with Crippen molar-refractivity contribution < 1.29 is 5.11 Å². The smallest absolute Gasteiger partial charge is 0.0431 e. The molecule has 0 spiro atoms. The lowest BCUT2D eigenvalue weighted by Crippen LogP contribution is -1.92. The molecule has 0 saturated carbocycles. The Hall–Kier alpha value is -1.86.